The van der Waals surface area contributed by atoms with Crippen LogP contribution in [0.1, 0.15) is 45.1 Å². The summed E-state index contributed by atoms with van der Waals surface area (Å²) < 4.78 is 5.57. The van der Waals surface area contributed by atoms with Crippen molar-refractivity contribution in [2.75, 3.05) is 6.54 Å². The van der Waals surface area contributed by atoms with E-state index in [1.807, 2.05) is 32.9 Å². The van der Waals surface area contributed by atoms with Crippen molar-refractivity contribution in [3.63, 3.8) is 0 Å². The molecular formula is C14H23NO3. The van der Waals surface area contributed by atoms with E-state index in [9.17, 15) is 9.90 Å². The lowest BCUT2D eigenvalue weighted by Crippen LogP contribution is -2.39. The van der Waals surface area contributed by atoms with Crippen LogP contribution in [0.25, 0.3) is 0 Å². The molecule has 0 atom stereocenters. The molecule has 0 aliphatic rings. The third-order valence-electron chi connectivity index (χ3n) is 3.64. The molecule has 1 aromatic heterocycles. The van der Waals surface area contributed by atoms with Gasteiger partial charge in [0.2, 0.25) is 0 Å². The highest BCUT2D eigenvalue weighted by molar-refractivity contribution is 5.74. The fourth-order valence-corrected chi connectivity index (χ4v) is 2.01. The molecule has 0 aromatic carbocycles. The number of aliphatic carboxylic acids is 1. The van der Waals surface area contributed by atoms with Crippen LogP contribution in [0.15, 0.2) is 16.5 Å². The van der Waals surface area contributed by atoms with Crippen LogP contribution in [0.5, 0.6) is 0 Å². The summed E-state index contributed by atoms with van der Waals surface area (Å²) in [7, 11) is 0. The number of aryl methyl sites for hydroxylation is 1. The summed E-state index contributed by atoms with van der Waals surface area (Å²) in [5.74, 6) is 1.09. The third kappa shape index (κ3) is 3.35. The van der Waals surface area contributed by atoms with Crippen molar-refractivity contribution in [1.82, 2.24) is 5.32 Å². The topological polar surface area (TPSA) is 62.5 Å². The maximum Gasteiger partial charge on any atom is 0.310 e. The van der Waals surface area contributed by atoms with Crippen molar-refractivity contribution in [3.05, 3.63) is 23.7 Å². The number of rotatable bonds is 8. The molecule has 0 amide bonds. The van der Waals surface area contributed by atoms with Crippen LogP contribution >= 0.6 is 0 Å². The lowest BCUT2D eigenvalue weighted by atomic mass is 9.82. The lowest BCUT2D eigenvalue weighted by Gasteiger charge is -2.26. The van der Waals surface area contributed by atoms with Crippen LogP contribution in [-0.2, 0) is 17.8 Å². The van der Waals surface area contributed by atoms with Crippen LogP contribution in [0, 0.1) is 5.41 Å². The molecule has 2 N–H and O–H groups in total. The first-order valence-electron chi connectivity index (χ1n) is 6.59. The number of carboxylic acid groups (broad SMARTS) is 1. The second-order valence-corrected chi connectivity index (χ2v) is 4.62. The Labute approximate surface area is 108 Å². The molecule has 4 nitrogen and oxygen atoms in total. The molecule has 0 radical (unpaired) electrons. The fraction of sp³-hybridized carbons (Fsp3) is 0.643. The first kappa shape index (κ1) is 14.8. The molecule has 0 bridgehead atoms. The van der Waals surface area contributed by atoms with E-state index in [0.29, 0.717) is 25.9 Å². The van der Waals surface area contributed by atoms with Gasteiger partial charge in [-0.2, -0.15) is 0 Å². The van der Waals surface area contributed by atoms with E-state index >= 15 is 0 Å². The molecule has 1 rings (SSSR count). The Morgan fingerprint density at radius 1 is 1.28 bits per heavy atom. The molecule has 0 saturated heterocycles. The summed E-state index contributed by atoms with van der Waals surface area (Å²) in [6.45, 7) is 6.93. The van der Waals surface area contributed by atoms with Crippen LogP contribution in [0.3, 0.4) is 0 Å². The van der Waals surface area contributed by atoms with E-state index in [2.05, 4.69) is 5.32 Å². The lowest BCUT2D eigenvalue weighted by molar-refractivity contribution is -0.149. The minimum atomic E-state index is -0.728. The van der Waals surface area contributed by atoms with Crippen molar-refractivity contribution < 1.29 is 14.3 Å². The standard InChI is InChI=1S/C14H23NO3/c1-4-11-7-8-12(18-11)9-15-10-14(5-2,6-3)13(16)17/h7-8,15H,4-6,9-10H2,1-3H3,(H,16,17). The Bertz CT molecular complexity index is 380. The molecule has 102 valence electrons. The van der Waals surface area contributed by atoms with Gasteiger partial charge in [-0.25, -0.2) is 0 Å². The zero-order valence-corrected chi connectivity index (χ0v) is 11.5. The average molecular weight is 253 g/mol. The predicted octanol–water partition coefficient (Wildman–Crippen LogP) is 2.82. The Balaban J connectivity index is 2.51. The van der Waals surface area contributed by atoms with E-state index in [-0.39, 0.29) is 0 Å². The van der Waals surface area contributed by atoms with Crippen LogP contribution < -0.4 is 5.32 Å². The normalized spacial score (nSPS) is 11.7. The highest BCUT2D eigenvalue weighted by Crippen LogP contribution is 2.25. The molecule has 1 heterocycles. The first-order valence-corrected chi connectivity index (χ1v) is 6.59. The minimum Gasteiger partial charge on any atom is -0.481 e. The van der Waals surface area contributed by atoms with Gasteiger partial charge in [-0.15, -0.1) is 0 Å². The molecule has 0 saturated carbocycles. The molecule has 0 aliphatic heterocycles. The van der Waals surface area contributed by atoms with E-state index in [0.717, 1.165) is 17.9 Å². The number of nitrogens with one attached hydrogen (secondary N) is 1. The van der Waals surface area contributed by atoms with Gasteiger partial charge in [0.15, 0.2) is 0 Å². The van der Waals surface area contributed by atoms with E-state index < -0.39 is 11.4 Å². The number of carbonyl (C=O) groups is 1. The Morgan fingerprint density at radius 3 is 2.33 bits per heavy atom. The molecular weight excluding hydrogens is 230 g/mol. The van der Waals surface area contributed by atoms with E-state index in [4.69, 9.17) is 4.42 Å². The summed E-state index contributed by atoms with van der Waals surface area (Å²) in [6.07, 6.45) is 2.14. The summed E-state index contributed by atoms with van der Waals surface area (Å²) in [5.41, 5.74) is -0.666. The second-order valence-electron chi connectivity index (χ2n) is 4.62. The summed E-state index contributed by atoms with van der Waals surface area (Å²) >= 11 is 0. The van der Waals surface area contributed by atoms with Crippen molar-refractivity contribution in [1.29, 1.82) is 0 Å². The maximum atomic E-state index is 11.3. The van der Waals surface area contributed by atoms with E-state index in [1.54, 1.807) is 0 Å². The Hall–Kier alpha value is -1.29. The number of furan rings is 1. The minimum absolute atomic E-state index is 0.470. The van der Waals surface area contributed by atoms with Gasteiger partial charge in [-0.3, -0.25) is 4.79 Å². The highest BCUT2D eigenvalue weighted by Gasteiger charge is 2.34. The summed E-state index contributed by atoms with van der Waals surface area (Å²) in [5, 5.41) is 12.5. The van der Waals surface area contributed by atoms with Gasteiger partial charge in [-0.05, 0) is 25.0 Å². The molecule has 0 aliphatic carbocycles. The monoisotopic (exact) mass is 253 g/mol. The predicted molar refractivity (Wildman–Crippen MR) is 70.4 cm³/mol. The Kier molecular flexibility index (Phi) is 5.41. The van der Waals surface area contributed by atoms with Gasteiger partial charge in [0.1, 0.15) is 11.5 Å². The van der Waals surface area contributed by atoms with E-state index in [1.165, 1.54) is 0 Å². The summed E-state index contributed by atoms with van der Waals surface area (Å²) in [6, 6.07) is 3.90. The van der Waals surface area contributed by atoms with Gasteiger partial charge < -0.3 is 14.8 Å². The summed E-state index contributed by atoms with van der Waals surface area (Å²) in [4.78, 5) is 11.3. The fourth-order valence-electron chi connectivity index (χ4n) is 2.01. The smallest absolute Gasteiger partial charge is 0.310 e. The molecule has 0 fully saturated rings. The third-order valence-corrected chi connectivity index (χ3v) is 3.64. The van der Waals surface area contributed by atoms with Gasteiger partial charge in [-0.1, -0.05) is 20.8 Å². The van der Waals surface area contributed by atoms with Gasteiger partial charge in [0.25, 0.3) is 0 Å². The van der Waals surface area contributed by atoms with Crippen LogP contribution in [-0.4, -0.2) is 17.6 Å². The number of hydrogen-bond donors (Lipinski definition) is 2. The molecule has 0 spiro atoms. The highest BCUT2D eigenvalue weighted by atomic mass is 16.4. The van der Waals surface area contributed by atoms with Gasteiger partial charge >= 0.3 is 5.97 Å². The maximum absolute atomic E-state index is 11.3. The molecule has 0 unspecified atom stereocenters. The second kappa shape index (κ2) is 6.59. The average Bonchev–Trinajstić information content (AvgIpc) is 2.82. The van der Waals surface area contributed by atoms with Gasteiger partial charge in [0, 0.05) is 13.0 Å². The number of carboxylic acids is 1. The zero-order valence-electron chi connectivity index (χ0n) is 11.5. The Morgan fingerprint density at radius 2 is 1.89 bits per heavy atom. The SMILES string of the molecule is CCc1ccc(CNCC(CC)(CC)C(=O)O)o1. The first-order chi connectivity index (χ1) is 8.57. The van der Waals surface area contributed by atoms with Crippen LogP contribution in [0.4, 0.5) is 0 Å². The van der Waals surface area contributed by atoms with Crippen molar-refractivity contribution in [2.45, 2.75) is 46.6 Å². The molecule has 18 heavy (non-hydrogen) atoms. The van der Waals surface area contributed by atoms with Crippen molar-refractivity contribution in [2.24, 2.45) is 5.41 Å². The number of hydrogen-bond acceptors (Lipinski definition) is 3. The van der Waals surface area contributed by atoms with Gasteiger partial charge in [0.05, 0.1) is 12.0 Å². The zero-order chi connectivity index (χ0) is 13.6. The quantitative estimate of drug-likeness (QED) is 0.747. The van der Waals surface area contributed by atoms with Crippen LogP contribution in [0.2, 0.25) is 0 Å². The van der Waals surface area contributed by atoms with Crippen molar-refractivity contribution >= 4 is 5.97 Å². The molecule has 4 heteroatoms. The van der Waals surface area contributed by atoms with Crippen molar-refractivity contribution in [3.8, 4) is 0 Å². The largest absolute Gasteiger partial charge is 0.481 e. The molecule has 1 aromatic rings.